The first-order chi connectivity index (χ1) is 14.2. The molecule has 150 valence electrons. The number of hydrogen-bond acceptors (Lipinski definition) is 5. The van der Waals surface area contributed by atoms with E-state index >= 15 is 0 Å². The topological polar surface area (TPSA) is 74.3 Å². The molecule has 0 aliphatic carbocycles. The number of hydrogen-bond donors (Lipinski definition) is 2. The SMILES string of the molecule is CNC(=O)NC(=O)[C@H](c1ccccc1)N1CCC(c2nc3ccccc3s2)CC1. The lowest BCUT2D eigenvalue weighted by molar-refractivity contribution is -0.126. The smallest absolute Gasteiger partial charge is 0.321 e. The average molecular weight is 409 g/mol. The number of imide groups is 1. The third-order valence-electron chi connectivity index (χ3n) is 5.38. The fourth-order valence-corrected chi connectivity index (χ4v) is 5.01. The Kier molecular flexibility index (Phi) is 5.87. The van der Waals surface area contributed by atoms with Crippen LogP contribution in [-0.4, -0.2) is 42.0 Å². The Morgan fingerprint density at radius 1 is 1.07 bits per heavy atom. The molecular weight excluding hydrogens is 384 g/mol. The number of piperidine rings is 1. The maximum absolute atomic E-state index is 12.9. The van der Waals surface area contributed by atoms with Crippen LogP contribution in [0.5, 0.6) is 0 Å². The predicted molar refractivity (Wildman–Crippen MR) is 115 cm³/mol. The van der Waals surface area contributed by atoms with Crippen molar-refractivity contribution in [1.82, 2.24) is 20.5 Å². The summed E-state index contributed by atoms with van der Waals surface area (Å²) in [6.07, 6.45) is 1.88. The molecule has 1 atom stereocenters. The molecule has 2 heterocycles. The van der Waals surface area contributed by atoms with Gasteiger partial charge in [-0.1, -0.05) is 42.5 Å². The van der Waals surface area contributed by atoms with Crippen molar-refractivity contribution in [3.63, 3.8) is 0 Å². The molecule has 3 amide bonds. The van der Waals surface area contributed by atoms with Crippen molar-refractivity contribution in [3.8, 4) is 0 Å². The van der Waals surface area contributed by atoms with E-state index in [1.165, 1.54) is 16.8 Å². The first kappa shape index (κ1) is 19.5. The van der Waals surface area contributed by atoms with Crippen molar-refractivity contribution >= 4 is 33.5 Å². The summed E-state index contributed by atoms with van der Waals surface area (Å²) in [5.74, 6) is 0.107. The predicted octanol–water partition coefficient (Wildman–Crippen LogP) is 3.67. The number of fused-ring (bicyclic) bond motifs is 1. The quantitative estimate of drug-likeness (QED) is 0.691. The van der Waals surface area contributed by atoms with Gasteiger partial charge in [0.25, 0.3) is 0 Å². The second-order valence-electron chi connectivity index (χ2n) is 7.21. The van der Waals surface area contributed by atoms with Crippen LogP contribution in [0, 0.1) is 0 Å². The second-order valence-corrected chi connectivity index (χ2v) is 8.27. The molecule has 0 radical (unpaired) electrons. The Labute approximate surface area is 173 Å². The first-order valence-electron chi connectivity index (χ1n) is 9.82. The molecule has 0 unspecified atom stereocenters. The van der Waals surface area contributed by atoms with Crippen molar-refractivity contribution in [2.75, 3.05) is 20.1 Å². The molecule has 29 heavy (non-hydrogen) atoms. The first-order valence-corrected chi connectivity index (χ1v) is 10.6. The molecule has 2 N–H and O–H groups in total. The number of nitrogens with one attached hydrogen (secondary N) is 2. The van der Waals surface area contributed by atoms with Gasteiger partial charge in [0.2, 0.25) is 5.91 Å². The molecule has 1 fully saturated rings. The summed E-state index contributed by atoms with van der Waals surface area (Å²) in [5, 5.41) is 6.07. The standard InChI is InChI=1S/C22H24N4O2S/c1-23-22(28)25-20(27)19(15-7-3-2-4-8-15)26-13-11-16(12-14-26)21-24-17-9-5-6-10-18(17)29-21/h2-10,16,19H,11-14H2,1H3,(H2,23,25,27,28)/t19-/m0/s1. The van der Waals surface area contributed by atoms with Gasteiger partial charge in [-0.05, 0) is 43.6 Å². The third kappa shape index (κ3) is 4.31. The van der Waals surface area contributed by atoms with E-state index in [0.717, 1.165) is 37.0 Å². The van der Waals surface area contributed by atoms with E-state index in [1.807, 2.05) is 42.5 Å². The summed E-state index contributed by atoms with van der Waals surface area (Å²) >= 11 is 1.77. The van der Waals surface area contributed by atoms with Crippen molar-refractivity contribution in [3.05, 3.63) is 65.2 Å². The van der Waals surface area contributed by atoms with Gasteiger partial charge in [0.1, 0.15) is 6.04 Å². The molecule has 3 aromatic rings. The maximum atomic E-state index is 12.9. The molecule has 0 saturated carbocycles. The number of amides is 3. The van der Waals surface area contributed by atoms with Crippen LogP contribution in [0.1, 0.15) is 35.4 Å². The molecule has 6 nitrogen and oxygen atoms in total. The Morgan fingerprint density at radius 3 is 2.45 bits per heavy atom. The zero-order chi connectivity index (χ0) is 20.2. The number of carbonyl (C=O) groups excluding carboxylic acids is 2. The lowest BCUT2D eigenvalue weighted by atomic mass is 9.94. The fraction of sp³-hybridized carbons (Fsp3) is 0.318. The highest BCUT2D eigenvalue weighted by Gasteiger charge is 2.33. The van der Waals surface area contributed by atoms with Crippen LogP contribution in [0.2, 0.25) is 0 Å². The van der Waals surface area contributed by atoms with Crippen LogP contribution < -0.4 is 10.6 Å². The number of benzene rings is 2. The highest BCUT2D eigenvalue weighted by Crippen LogP contribution is 2.36. The summed E-state index contributed by atoms with van der Waals surface area (Å²) in [6, 6.07) is 16.9. The van der Waals surface area contributed by atoms with E-state index in [2.05, 4.69) is 27.7 Å². The van der Waals surface area contributed by atoms with Crippen LogP contribution >= 0.6 is 11.3 Å². The number of aromatic nitrogens is 1. The number of urea groups is 1. The maximum Gasteiger partial charge on any atom is 0.321 e. The van der Waals surface area contributed by atoms with E-state index in [1.54, 1.807) is 11.3 Å². The Balaban J connectivity index is 1.50. The highest BCUT2D eigenvalue weighted by molar-refractivity contribution is 7.18. The molecule has 1 saturated heterocycles. The molecule has 4 rings (SSSR count). The number of carbonyl (C=O) groups is 2. The largest absolute Gasteiger partial charge is 0.341 e. The summed E-state index contributed by atoms with van der Waals surface area (Å²) in [5.41, 5.74) is 1.95. The van der Waals surface area contributed by atoms with Gasteiger partial charge in [0.05, 0.1) is 15.2 Å². The van der Waals surface area contributed by atoms with Gasteiger partial charge in [-0.25, -0.2) is 9.78 Å². The molecule has 0 spiro atoms. The summed E-state index contributed by atoms with van der Waals surface area (Å²) in [6.45, 7) is 1.56. The average Bonchev–Trinajstić information content (AvgIpc) is 3.19. The summed E-state index contributed by atoms with van der Waals surface area (Å²) < 4.78 is 1.22. The molecule has 1 aliphatic heterocycles. The molecule has 2 aromatic carbocycles. The van der Waals surface area contributed by atoms with E-state index in [-0.39, 0.29) is 5.91 Å². The lowest BCUT2D eigenvalue weighted by Gasteiger charge is -2.36. The fourth-order valence-electron chi connectivity index (χ4n) is 3.88. The number of likely N-dealkylation sites (tertiary alicyclic amines) is 1. The van der Waals surface area contributed by atoms with Gasteiger partial charge < -0.3 is 5.32 Å². The van der Waals surface area contributed by atoms with Crippen molar-refractivity contribution in [2.45, 2.75) is 24.8 Å². The third-order valence-corrected chi connectivity index (χ3v) is 6.58. The van der Waals surface area contributed by atoms with Gasteiger partial charge in [-0.2, -0.15) is 0 Å². The zero-order valence-corrected chi connectivity index (χ0v) is 17.1. The Hall–Kier alpha value is -2.77. The van der Waals surface area contributed by atoms with E-state index in [4.69, 9.17) is 4.98 Å². The number of para-hydroxylation sites is 1. The van der Waals surface area contributed by atoms with Gasteiger partial charge >= 0.3 is 6.03 Å². The van der Waals surface area contributed by atoms with Crippen molar-refractivity contribution < 1.29 is 9.59 Å². The monoisotopic (exact) mass is 408 g/mol. The summed E-state index contributed by atoms with van der Waals surface area (Å²) in [4.78, 5) is 31.5. The molecule has 0 bridgehead atoms. The van der Waals surface area contributed by atoms with Gasteiger partial charge in [-0.3, -0.25) is 15.0 Å². The zero-order valence-electron chi connectivity index (χ0n) is 16.3. The molecule has 7 heteroatoms. The van der Waals surface area contributed by atoms with E-state index in [9.17, 15) is 9.59 Å². The number of nitrogens with zero attached hydrogens (tertiary/aromatic N) is 2. The van der Waals surface area contributed by atoms with E-state index in [0.29, 0.717) is 5.92 Å². The van der Waals surface area contributed by atoms with Gasteiger partial charge in [0, 0.05) is 13.0 Å². The normalized spacial score (nSPS) is 16.4. The Bertz CT molecular complexity index is 963. The minimum atomic E-state index is -0.486. The van der Waals surface area contributed by atoms with Crippen LogP contribution in [-0.2, 0) is 4.79 Å². The van der Waals surface area contributed by atoms with Crippen LogP contribution in [0.15, 0.2) is 54.6 Å². The lowest BCUT2D eigenvalue weighted by Crippen LogP contribution is -2.47. The molecular formula is C22H24N4O2S. The van der Waals surface area contributed by atoms with Crippen LogP contribution in [0.3, 0.4) is 0 Å². The minimum Gasteiger partial charge on any atom is -0.341 e. The van der Waals surface area contributed by atoms with Crippen molar-refractivity contribution in [1.29, 1.82) is 0 Å². The number of rotatable bonds is 4. The van der Waals surface area contributed by atoms with Gasteiger partial charge in [0.15, 0.2) is 0 Å². The summed E-state index contributed by atoms with van der Waals surface area (Å²) in [7, 11) is 1.50. The van der Waals surface area contributed by atoms with Crippen LogP contribution in [0.25, 0.3) is 10.2 Å². The molecule has 1 aliphatic rings. The van der Waals surface area contributed by atoms with E-state index < -0.39 is 12.1 Å². The molecule has 1 aromatic heterocycles. The van der Waals surface area contributed by atoms with Crippen LogP contribution in [0.4, 0.5) is 4.79 Å². The van der Waals surface area contributed by atoms with Gasteiger partial charge in [-0.15, -0.1) is 11.3 Å². The minimum absolute atomic E-state index is 0.297. The van der Waals surface area contributed by atoms with Crippen molar-refractivity contribution in [2.24, 2.45) is 0 Å². The highest BCUT2D eigenvalue weighted by atomic mass is 32.1. The second kappa shape index (κ2) is 8.71. The number of thiazole rings is 1. The Morgan fingerprint density at radius 2 is 1.76 bits per heavy atom.